The monoisotopic (exact) mass is 442 g/mol. The molecule has 2 heterocycles. The van der Waals surface area contributed by atoms with Crippen LogP contribution < -0.4 is 9.64 Å². The minimum Gasteiger partial charge on any atom is -0.507 e. The van der Waals surface area contributed by atoms with E-state index in [0.717, 1.165) is 4.90 Å². The van der Waals surface area contributed by atoms with Crippen LogP contribution in [0, 0.1) is 12.7 Å². The van der Waals surface area contributed by atoms with E-state index in [9.17, 15) is 19.1 Å². The van der Waals surface area contributed by atoms with E-state index >= 15 is 0 Å². The number of Topliss-reactive ketones (excluding diaryl/α,β-unsaturated/α-hetero) is 1. The van der Waals surface area contributed by atoms with Crippen molar-refractivity contribution in [3.05, 3.63) is 81.8 Å². The normalized spacial score (nSPS) is 17.9. The summed E-state index contributed by atoms with van der Waals surface area (Å²) < 4.78 is 24.9. The number of hydrogen-bond acceptors (Lipinski definition) is 6. The number of aliphatic hydroxyl groups is 1. The van der Waals surface area contributed by atoms with E-state index in [1.165, 1.54) is 49.6 Å². The number of carbonyl (C=O) groups excluding carboxylic acids is 2. The van der Waals surface area contributed by atoms with Gasteiger partial charge in [0.15, 0.2) is 5.82 Å². The van der Waals surface area contributed by atoms with Crippen molar-refractivity contribution in [3.8, 4) is 5.75 Å². The number of ether oxygens (including phenoxy) is 1. The van der Waals surface area contributed by atoms with Crippen LogP contribution in [0.15, 0.2) is 58.6 Å². The van der Waals surface area contributed by atoms with Gasteiger partial charge < -0.3 is 14.4 Å². The molecule has 1 aromatic heterocycles. The third-order valence-corrected chi connectivity index (χ3v) is 5.23. The van der Waals surface area contributed by atoms with E-state index in [2.05, 4.69) is 5.16 Å². The number of aromatic nitrogens is 1. The Bertz CT molecular complexity index is 1240. The molecule has 2 aromatic carbocycles. The van der Waals surface area contributed by atoms with Crippen LogP contribution in [0.1, 0.15) is 22.9 Å². The number of aryl methyl sites for hydroxylation is 1. The molecule has 0 bridgehead atoms. The second-order valence-electron chi connectivity index (χ2n) is 6.84. The zero-order valence-electron chi connectivity index (χ0n) is 16.4. The van der Waals surface area contributed by atoms with Crippen molar-refractivity contribution in [1.29, 1.82) is 0 Å². The topological polar surface area (TPSA) is 92.9 Å². The van der Waals surface area contributed by atoms with E-state index in [1.807, 2.05) is 0 Å². The molecule has 31 heavy (non-hydrogen) atoms. The Morgan fingerprint density at radius 1 is 1.23 bits per heavy atom. The molecule has 158 valence electrons. The Hall–Kier alpha value is -3.65. The maximum atomic E-state index is 14.8. The van der Waals surface area contributed by atoms with Gasteiger partial charge in [0.1, 0.15) is 23.1 Å². The standard InChI is InChI=1S/C22H16ClFN2O5/c1-11-9-17(25-31-11)26-19(13-5-3-4-6-15(13)24)18(21(28)22(26)29)20(27)12-7-8-16(30-2)14(23)10-12/h3-10,19,27H,1-2H3/t19-/m1/s1. The largest absolute Gasteiger partial charge is 0.507 e. The van der Waals surface area contributed by atoms with Gasteiger partial charge in [-0.05, 0) is 31.2 Å². The summed E-state index contributed by atoms with van der Waals surface area (Å²) in [6.45, 7) is 1.62. The molecular formula is C22H16ClFN2O5. The van der Waals surface area contributed by atoms with Crippen molar-refractivity contribution in [2.75, 3.05) is 12.0 Å². The number of carbonyl (C=O) groups is 2. The number of aliphatic hydroxyl groups excluding tert-OH is 1. The number of ketones is 1. The summed E-state index contributed by atoms with van der Waals surface area (Å²) in [4.78, 5) is 26.9. The molecule has 0 unspecified atom stereocenters. The van der Waals surface area contributed by atoms with Crippen LogP contribution in [-0.2, 0) is 9.59 Å². The summed E-state index contributed by atoms with van der Waals surface area (Å²) in [5.41, 5.74) is -0.109. The van der Waals surface area contributed by atoms with Crippen molar-refractivity contribution in [3.63, 3.8) is 0 Å². The van der Waals surface area contributed by atoms with Gasteiger partial charge in [0.05, 0.1) is 23.7 Å². The zero-order chi connectivity index (χ0) is 22.3. The molecule has 1 fully saturated rings. The average Bonchev–Trinajstić information content (AvgIpc) is 3.28. The molecule has 0 saturated carbocycles. The number of anilines is 1. The van der Waals surface area contributed by atoms with Crippen LogP contribution in [0.25, 0.3) is 5.76 Å². The first-order chi connectivity index (χ1) is 14.8. The van der Waals surface area contributed by atoms with Gasteiger partial charge in [0.2, 0.25) is 0 Å². The number of methoxy groups -OCH3 is 1. The highest BCUT2D eigenvalue weighted by Gasteiger charge is 2.48. The Morgan fingerprint density at radius 2 is 1.97 bits per heavy atom. The quantitative estimate of drug-likeness (QED) is 0.365. The molecule has 0 radical (unpaired) electrons. The van der Waals surface area contributed by atoms with Gasteiger partial charge in [-0.15, -0.1) is 0 Å². The van der Waals surface area contributed by atoms with Crippen LogP contribution in [-0.4, -0.2) is 29.1 Å². The highest BCUT2D eigenvalue weighted by Crippen LogP contribution is 2.43. The van der Waals surface area contributed by atoms with Gasteiger partial charge in [-0.3, -0.25) is 14.5 Å². The van der Waals surface area contributed by atoms with Gasteiger partial charge in [0, 0.05) is 17.2 Å². The lowest BCUT2D eigenvalue weighted by atomic mass is 9.95. The molecule has 3 aromatic rings. The SMILES string of the molecule is COc1ccc(C(O)=C2C(=O)C(=O)N(c3cc(C)on3)[C@@H]2c2ccccc2F)cc1Cl. The summed E-state index contributed by atoms with van der Waals surface area (Å²) in [5, 5.41) is 15.0. The van der Waals surface area contributed by atoms with Gasteiger partial charge in [-0.1, -0.05) is 35.0 Å². The van der Waals surface area contributed by atoms with Gasteiger partial charge >= 0.3 is 5.91 Å². The Balaban J connectivity index is 1.96. The van der Waals surface area contributed by atoms with Crippen LogP contribution in [0.3, 0.4) is 0 Å². The number of nitrogens with zero attached hydrogens (tertiary/aromatic N) is 2. The second-order valence-corrected chi connectivity index (χ2v) is 7.24. The van der Waals surface area contributed by atoms with Crippen LogP contribution >= 0.6 is 11.6 Å². The lowest BCUT2D eigenvalue weighted by Gasteiger charge is -2.23. The maximum Gasteiger partial charge on any atom is 0.301 e. The predicted octanol–water partition coefficient (Wildman–Crippen LogP) is 4.41. The van der Waals surface area contributed by atoms with Crippen molar-refractivity contribution < 1.29 is 28.3 Å². The van der Waals surface area contributed by atoms with Gasteiger partial charge in [-0.25, -0.2) is 4.39 Å². The highest BCUT2D eigenvalue weighted by molar-refractivity contribution is 6.51. The van der Waals surface area contributed by atoms with E-state index in [4.69, 9.17) is 20.9 Å². The third kappa shape index (κ3) is 3.44. The van der Waals surface area contributed by atoms with Crippen LogP contribution in [0.5, 0.6) is 5.75 Å². The van der Waals surface area contributed by atoms with E-state index in [-0.39, 0.29) is 27.5 Å². The van der Waals surface area contributed by atoms with Crippen molar-refractivity contribution >= 4 is 34.9 Å². The van der Waals surface area contributed by atoms with Crippen LogP contribution in [0.4, 0.5) is 10.2 Å². The fourth-order valence-corrected chi connectivity index (χ4v) is 3.75. The molecule has 1 aliphatic heterocycles. The summed E-state index contributed by atoms with van der Waals surface area (Å²) in [6.07, 6.45) is 0. The summed E-state index contributed by atoms with van der Waals surface area (Å²) in [6, 6.07) is 10.2. The fraction of sp³-hybridized carbons (Fsp3) is 0.136. The highest BCUT2D eigenvalue weighted by atomic mass is 35.5. The molecule has 1 atom stereocenters. The average molecular weight is 443 g/mol. The predicted molar refractivity (Wildman–Crippen MR) is 110 cm³/mol. The second kappa shape index (κ2) is 7.88. The van der Waals surface area contributed by atoms with E-state index < -0.39 is 29.3 Å². The first-order valence-corrected chi connectivity index (χ1v) is 9.54. The molecule has 7 nitrogen and oxygen atoms in total. The minimum atomic E-state index is -1.26. The van der Waals surface area contributed by atoms with Crippen molar-refractivity contribution in [2.45, 2.75) is 13.0 Å². The molecule has 4 rings (SSSR count). The fourth-order valence-electron chi connectivity index (χ4n) is 3.50. The Kier molecular flexibility index (Phi) is 5.24. The Morgan fingerprint density at radius 3 is 2.58 bits per heavy atom. The number of amides is 1. The zero-order valence-corrected chi connectivity index (χ0v) is 17.2. The van der Waals surface area contributed by atoms with Gasteiger partial charge in [-0.2, -0.15) is 0 Å². The molecule has 1 amide bonds. The maximum absolute atomic E-state index is 14.8. The van der Waals surface area contributed by atoms with Gasteiger partial charge in [0.25, 0.3) is 5.78 Å². The van der Waals surface area contributed by atoms with Crippen LogP contribution in [0.2, 0.25) is 5.02 Å². The molecule has 1 aliphatic rings. The lowest BCUT2D eigenvalue weighted by molar-refractivity contribution is -0.132. The number of halogens is 2. The summed E-state index contributed by atoms with van der Waals surface area (Å²) in [5.74, 6) is -2.33. The lowest BCUT2D eigenvalue weighted by Crippen LogP contribution is -2.30. The van der Waals surface area contributed by atoms with E-state index in [0.29, 0.717) is 11.5 Å². The first kappa shape index (κ1) is 20.6. The first-order valence-electron chi connectivity index (χ1n) is 9.16. The smallest absolute Gasteiger partial charge is 0.301 e. The molecule has 1 saturated heterocycles. The van der Waals surface area contributed by atoms with Crippen molar-refractivity contribution in [2.24, 2.45) is 0 Å². The number of hydrogen-bond donors (Lipinski definition) is 1. The molecular weight excluding hydrogens is 427 g/mol. The summed E-state index contributed by atoms with van der Waals surface area (Å²) in [7, 11) is 1.43. The van der Waals surface area contributed by atoms with E-state index in [1.54, 1.807) is 13.0 Å². The molecule has 1 N–H and O–H groups in total. The minimum absolute atomic E-state index is 0.0171. The van der Waals surface area contributed by atoms with Crippen molar-refractivity contribution in [1.82, 2.24) is 5.16 Å². The Labute approximate surface area is 181 Å². The molecule has 0 aliphatic carbocycles. The third-order valence-electron chi connectivity index (χ3n) is 4.93. The molecule has 0 spiro atoms. The number of rotatable bonds is 4. The number of benzene rings is 2. The summed E-state index contributed by atoms with van der Waals surface area (Å²) >= 11 is 6.15. The molecule has 9 heteroatoms.